The van der Waals surface area contributed by atoms with Crippen molar-refractivity contribution < 1.29 is 0 Å². The second-order valence-corrected chi connectivity index (χ2v) is 5.62. The van der Waals surface area contributed by atoms with Crippen LogP contribution in [0.1, 0.15) is 6.92 Å². The predicted molar refractivity (Wildman–Crippen MR) is 72.2 cm³/mol. The number of pyridine rings is 1. The van der Waals surface area contributed by atoms with Crippen LogP contribution in [0.4, 0.5) is 5.95 Å². The average molecular weight is 301 g/mol. The Morgan fingerprint density at radius 3 is 3.12 bits per heavy atom. The van der Waals surface area contributed by atoms with Crippen molar-refractivity contribution in [3.63, 3.8) is 0 Å². The molecule has 0 aromatic carbocycles. The van der Waals surface area contributed by atoms with Gasteiger partial charge in [0.1, 0.15) is 0 Å². The van der Waals surface area contributed by atoms with Gasteiger partial charge in [0.25, 0.3) is 0 Å². The number of hydrogen-bond donors (Lipinski definition) is 1. The van der Waals surface area contributed by atoms with Crippen molar-refractivity contribution in [2.24, 2.45) is 0 Å². The van der Waals surface area contributed by atoms with Crippen molar-refractivity contribution in [1.29, 1.82) is 0 Å². The first-order valence-electron chi connectivity index (χ1n) is 4.98. The molecule has 0 aliphatic heterocycles. The maximum atomic E-state index is 4.40. The summed E-state index contributed by atoms with van der Waals surface area (Å²) in [7, 11) is 0. The molecule has 6 heteroatoms. The molecule has 86 valence electrons. The lowest BCUT2D eigenvalue weighted by Gasteiger charge is -2.06. The molecule has 1 N–H and O–H groups in total. The Hall–Kier alpha value is -0.750. The van der Waals surface area contributed by atoms with E-state index in [9.17, 15) is 0 Å². The minimum atomic E-state index is 0.551. The van der Waals surface area contributed by atoms with Gasteiger partial charge in [-0.1, -0.05) is 6.92 Å². The highest BCUT2D eigenvalue weighted by atomic mass is 79.9. The van der Waals surface area contributed by atoms with Gasteiger partial charge in [0.05, 0.1) is 4.47 Å². The Bertz CT molecular complexity index is 485. The lowest BCUT2D eigenvalue weighted by atomic mass is 10.5. The van der Waals surface area contributed by atoms with Gasteiger partial charge in [0.2, 0.25) is 5.95 Å². The van der Waals surface area contributed by atoms with E-state index >= 15 is 0 Å². The van der Waals surface area contributed by atoms with Gasteiger partial charge in [-0.15, -0.1) is 5.10 Å². The van der Waals surface area contributed by atoms with E-state index in [1.807, 2.05) is 30.1 Å². The number of anilines is 1. The molecule has 0 bridgehead atoms. The van der Waals surface area contributed by atoms with Gasteiger partial charge in [0.15, 0.2) is 5.65 Å². The molecule has 4 nitrogen and oxygen atoms in total. The average Bonchev–Trinajstić information content (AvgIpc) is 2.70. The van der Waals surface area contributed by atoms with E-state index in [2.05, 4.69) is 44.5 Å². The Balaban J connectivity index is 2.17. The molecule has 16 heavy (non-hydrogen) atoms. The van der Waals surface area contributed by atoms with Crippen LogP contribution in [-0.4, -0.2) is 32.6 Å². The maximum Gasteiger partial charge on any atom is 0.243 e. The second-order valence-electron chi connectivity index (χ2n) is 3.49. The largest absolute Gasteiger partial charge is 0.352 e. The van der Waals surface area contributed by atoms with Crippen molar-refractivity contribution in [1.82, 2.24) is 14.6 Å². The fraction of sp³-hybridized carbons (Fsp3) is 0.400. The van der Waals surface area contributed by atoms with Crippen LogP contribution in [0, 0.1) is 0 Å². The van der Waals surface area contributed by atoms with Gasteiger partial charge >= 0.3 is 0 Å². The summed E-state index contributed by atoms with van der Waals surface area (Å²) in [5.41, 5.74) is 0.835. The number of hydrogen-bond acceptors (Lipinski definition) is 4. The summed E-state index contributed by atoms with van der Waals surface area (Å²) in [6.45, 7) is 3.04. The number of rotatable bonds is 4. The smallest absolute Gasteiger partial charge is 0.243 e. The van der Waals surface area contributed by atoms with Crippen LogP contribution in [0.3, 0.4) is 0 Å². The number of halogens is 1. The molecule has 1 unspecified atom stereocenters. The van der Waals surface area contributed by atoms with Crippen molar-refractivity contribution in [3.05, 3.63) is 22.8 Å². The number of aromatic nitrogens is 3. The predicted octanol–water partition coefficient (Wildman–Crippen LogP) is 2.66. The Labute approximate surface area is 107 Å². The van der Waals surface area contributed by atoms with Crippen molar-refractivity contribution in [3.8, 4) is 0 Å². The third-order valence-corrected chi connectivity index (χ3v) is 3.86. The second kappa shape index (κ2) is 5.05. The highest BCUT2D eigenvalue weighted by Gasteiger charge is 2.06. The first kappa shape index (κ1) is 11.7. The van der Waals surface area contributed by atoms with Gasteiger partial charge < -0.3 is 5.32 Å². The third-order valence-electron chi connectivity index (χ3n) is 2.26. The van der Waals surface area contributed by atoms with Gasteiger partial charge in [-0.05, 0) is 34.3 Å². The summed E-state index contributed by atoms with van der Waals surface area (Å²) in [4.78, 5) is 4.40. The number of nitrogens with one attached hydrogen (secondary N) is 1. The minimum absolute atomic E-state index is 0.551. The van der Waals surface area contributed by atoms with Gasteiger partial charge in [-0.25, -0.2) is 4.52 Å². The van der Waals surface area contributed by atoms with Crippen LogP contribution in [0.25, 0.3) is 5.65 Å². The zero-order valence-corrected chi connectivity index (χ0v) is 11.5. The molecule has 0 amide bonds. The van der Waals surface area contributed by atoms with E-state index in [1.54, 1.807) is 4.52 Å². The third kappa shape index (κ3) is 2.49. The summed E-state index contributed by atoms with van der Waals surface area (Å²) >= 11 is 5.27. The summed E-state index contributed by atoms with van der Waals surface area (Å²) in [6, 6.07) is 3.89. The van der Waals surface area contributed by atoms with E-state index in [1.165, 1.54) is 0 Å². The highest BCUT2D eigenvalue weighted by molar-refractivity contribution is 9.10. The quantitative estimate of drug-likeness (QED) is 0.943. The molecule has 0 fully saturated rings. The highest BCUT2D eigenvalue weighted by Crippen LogP contribution is 2.17. The lowest BCUT2D eigenvalue weighted by molar-refractivity contribution is 0.932. The van der Waals surface area contributed by atoms with Crippen LogP contribution in [-0.2, 0) is 0 Å². The molecule has 2 rings (SSSR count). The van der Waals surface area contributed by atoms with Crippen LogP contribution in [0.2, 0.25) is 0 Å². The number of fused-ring (bicyclic) bond motifs is 1. The number of nitrogens with zero attached hydrogens (tertiary/aromatic N) is 3. The fourth-order valence-electron chi connectivity index (χ4n) is 1.27. The van der Waals surface area contributed by atoms with Crippen molar-refractivity contribution >= 4 is 39.3 Å². The molecule has 0 saturated carbocycles. The molecule has 2 aromatic heterocycles. The summed E-state index contributed by atoms with van der Waals surface area (Å²) in [6.07, 6.45) is 3.98. The maximum absolute atomic E-state index is 4.40. The summed E-state index contributed by atoms with van der Waals surface area (Å²) in [5.74, 6) is 0.674. The van der Waals surface area contributed by atoms with E-state index in [4.69, 9.17) is 0 Å². The normalized spacial score (nSPS) is 12.9. The standard InChI is InChI=1S/C10H13BrN4S/c1-7(16-2)6-12-10-13-9-8(11)4-3-5-15(9)14-10/h3-5,7H,6H2,1-2H3,(H,12,14). The molecule has 0 saturated heterocycles. The zero-order valence-electron chi connectivity index (χ0n) is 9.14. The Morgan fingerprint density at radius 2 is 2.44 bits per heavy atom. The molecular weight excluding hydrogens is 288 g/mol. The SMILES string of the molecule is CSC(C)CNc1nc2c(Br)cccn2n1. The zero-order chi connectivity index (χ0) is 11.5. The molecule has 0 aliphatic rings. The Morgan fingerprint density at radius 1 is 1.62 bits per heavy atom. The van der Waals surface area contributed by atoms with Crippen LogP contribution >= 0.6 is 27.7 Å². The van der Waals surface area contributed by atoms with Gasteiger partial charge in [-0.2, -0.15) is 16.7 Å². The molecule has 0 radical (unpaired) electrons. The molecule has 1 atom stereocenters. The topological polar surface area (TPSA) is 42.2 Å². The molecule has 0 aliphatic carbocycles. The first-order valence-corrected chi connectivity index (χ1v) is 7.06. The van der Waals surface area contributed by atoms with Crippen molar-refractivity contribution in [2.45, 2.75) is 12.2 Å². The molecular formula is C10H13BrN4S. The van der Waals surface area contributed by atoms with E-state index in [0.717, 1.165) is 16.7 Å². The van der Waals surface area contributed by atoms with Crippen molar-refractivity contribution in [2.75, 3.05) is 18.1 Å². The first-order chi connectivity index (χ1) is 7.70. The molecule has 2 aromatic rings. The summed E-state index contributed by atoms with van der Waals surface area (Å²) in [5, 5.41) is 8.11. The van der Waals surface area contributed by atoms with E-state index < -0.39 is 0 Å². The molecule has 2 heterocycles. The summed E-state index contributed by atoms with van der Waals surface area (Å²) < 4.78 is 2.71. The monoisotopic (exact) mass is 300 g/mol. The van der Waals surface area contributed by atoms with Crippen LogP contribution in [0.5, 0.6) is 0 Å². The Kier molecular flexibility index (Phi) is 3.70. The lowest BCUT2D eigenvalue weighted by Crippen LogP contribution is -2.13. The fourth-order valence-corrected chi connectivity index (χ4v) is 1.94. The number of thioether (sulfide) groups is 1. The minimum Gasteiger partial charge on any atom is -0.352 e. The van der Waals surface area contributed by atoms with Crippen LogP contribution < -0.4 is 5.32 Å². The van der Waals surface area contributed by atoms with E-state index in [-0.39, 0.29) is 0 Å². The van der Waals surface area contributed by atoms with Gasteiger partial charge in [0, 0.05) is 18.0 Å². The van der Waals surface area contributed by atoms with Gasteiger partial charge in [-0.3, -0.25) is 0 Å². The molecule has 0 spiro atoms. The van der Waals surface area contributed by atoms with E-state index in [0.29, 0.717) is 11.2 Å². The van der Waals surface area contributed by atoms with Crippen LogP contribution in [0.15, 0.2) is 22.8 Å².